The average molecular weight is 151 g/mol. The first-order valence-electron chi connectivity index (χ1n) is 3.29. The van der Waals surface area contributed by atoms with Crippen LogP contribution in [-0.4, -0.2) is 17.6 Å². The summed E-state index contributed by atoms with van der Waals surface area (Å²) < 4.78 is 0. The van der Waals surface area contributed by atoms with Gasteiger partial charge in [-0.05, 0) is 18.3 Å². The van der Waals surface area contributed by atoms with E-state index in [0.29, 0.717) is 5.88 Å². The molecule has 0 amide bonds. The van der Waals surface area contributed by atoms with Gasteiger partial charge >= 0.3 is 0 Å². The van der Waals surface area contributed by atoms with Crippen LogP contribution in [0.5, 0.6) is 0 Å². The van der Waals surface area contributed by atoms with Crippen molar-refractivity contribution in [3.05, 3.63) is 0 Å². The minimum Gasteiger partial charge on any atom is -0.396 e. The van der Waals surface area contributed by atoms with Crippen molar-refractivity contribution in [2.45, 2.75) is 26.7 Å². The Bertz CT molecular complexity index is 71.3. The monoisotopic (exact) mass is 150 g/mol. The molecule has 0 saturated carbocycles. The lowest BCUT2D eigenvalue weighted by Crippen LogP contribution is -2.13. The second-order valence-electron chi connectivity index (χ2n) is 3.13. The summed E-state index contributed by atoms with van der Waals surface area (Å²) in [5, 5.41) is 8.48. The molecule has 0 saturated heterocycles. The van der Waals surface area contributed by atoms with Crippen LogP contribution < -0.4 is 0 Å². The summed E-state index contributed by atoms with van der Waals surface area (Å²) in [4.78, 5) is 0. The first kappa shape index (κ1) is 9.25. The van der Waals surface area contributed by atoms with Crippen molar-refractivity contribution < 1.29 is 5.11 Å². The molecule has 1 N–H and O–H groups in total. The Labute approximate surface area is 62.0 Å². The van der Waals surface area contributed by atoms with E-state index in [4.69, 9.17) is 16.7 Å². The number of alkyl halides is 1. The van der Waals surface area contributed by atoms with Gasteiger partial charge in [-0.3, -0.25) is 0 Å². The van der Waals surface area contributed by atoms with Crippen LogP contribution in [0.15, 0.2) is 0 Å². The van der Waals surface area contributed by atoms with Gasteiger partial charge in [0.2, 0.25) is 0 Å². The number of hydrogen-bond donors (Lipinski definition) is 1. The van der Waals surface area contributed by atoms with Crippen molar-refractivity contribution in [2.24, 2.45) is 5.41 Å². The fraction of sp³-hybridized carbons (Fsp3) is 1.00. The zero-order valence-electron chi connectivity index (χ0n) is 6.15. The van der Waals surface area contributed by atoms with Gasteiger partial charge in [0.1, 0.15) is 0 Å². The second-order valence-corrected chi connectivity index (χ2v) is 3.39. The molecule has 0 aromatic carbocycles. The van der Waals surface area contributed by atoms with Crippen LogP contribution in [0.25, 0.3) is 0 Å². The summed E-state index contributed by atoms with van der Waals surface area (Å²) >= 11 is 5.65. The highest BCUT2D eigenvalue weighted by atomic mass is 35.5. The van der Waals surface area contributed by atoms with E-state index in [0.717, 1.165) is 12.8 Å². The van der Waals surface area contributed by atoms with Crippen molar-refractivity contribution in [3.63, 3.8) is 0 Å². The number of aliphatic hydroxyl groups is 1. The maximum atomic E-state index is 8.48. The van der Waals surface area contributed by atoms with Gasteiger partial charge in [0, 0.05) is 12.5 Å². The topological polar surface area (TPSA) is 20.2 Å². The van der Waals surface area contributed by atoms with E-state index >= 15 is 0 Å². The molecule has 0 aliphatic heterocycles. The largest absolute Gasteiger partial charge is 0.396 e. The van der Waals surface area contributed by atoms with Gasteiger partial charge in [0.05, 0.1) is 0 Å². The van der Waals surface area contributed by atoms with E-state index in [1.807, 2.05) is 0 Å². The predicted molar refractivity (Wildman–Crippen MR) is 40.8 cm³/mol. The molecule has 2 heteroatoms. The first-order valence-corrected chi connectivity index (χ1v) is 3.83. The molecule has 0 aromatic heterocycles. The summed E-state index contributed by atoms with van der Waals surface area (Å²) in [7, 11) is 0. The molecule has 0 bridgehead atoms. The predicted octanol–water partition coefficient (Wildman–Crippen LogP) is 2.02. The molecule has 0 rings (SSSR count). The Kier molecular flexibility index (Phi) is 4.24. The van der Waals surface area contributed by atoms with Crippen LogP contribution in [0.1, 0.15) is 26.7 Å². The highest BCUT2D eigenvalue weighted by Gasteiger charge is 2.14. The summed E-state index contributed by atoms with van der Waals surface area (Å²) in [5.74, 6) is 0.674. The summed E-state index contributed by atoms with van der Waals surface area (Å²) in [6.07, 6.45) is 1.87. The third-order valence-corrected chi connectivity index (χ3v) is 2.10. The standard InChI is InChI=1S/C7H15ClO/c1-7(2,6-8)4-3-5-9/h9H,3-6H2,1-2H3. The summed E-state index contributed by atoms with van der Waals surface area (Å²) in [6, 6.07) is 0. The molecule has 0 aromatic rings. The van der Waals surface area contributed by atoms with Crippen LogP contribution in [-0.2, 0) is 0 Å². The molecule has 0 aliphatic carbocycles. The lowest BCUT2D eigenvalue weighted by Gasteiger charge is -2.19. The van der Waals surface area contributed by atoms with Crippen LogP contribution >= 0.6 is 11.6 Å². The van der Waals surface area contributed by atoms with E-state index in [1.54, 1.807) is 0 Å². The van der Waals surface area contributed by atoms with Gasteiger partial charge in [0.15, 0.2) is 0 Å². The van der Waals surface area contributed by atoms with E-state index < -0.39 is 0 Å². The van der Waals surface area contributed by atoms with Gasteiger partial charge in [0.25, 0.3) is 0 Å². The summed E-state index contributed by atoms with van der Waals surface area (Å²) in [6.45, 7) is 4.49. The third kappa shape index (κ3) is 4.73. The smallest absolute Gasteiger partial charge is 0.0431 e. The second kappa shape index (κ2) is 4.13. The van der Waals surface area contributed by atoms with Crippen molar-refractivity contribution in [1.82, 2.24) is 0 Å². The lowest BCUT2D eigenvalue weighted by molar-refractivity contribution is 0.253. The van der Waals surface area contributed by atoms with E-state index in [-0.39, 0.29) is 12.0 Å². The Morgan fingerprint density at radius 2 is 2.00 bits per heavy atom. The molecule has 0 radical (unpaired) electrons. The number of rotatable bonds is 4. The molecule has 0 aliphatic rings. The quantitative estimate of drug-likeness (QED) is 0.608. The molecule has 0 fully saturated rings. The molecule has 0 unspecified atom stereocenters. The fourth-order valence-corrected chi connectivity index (χ4v) is 0.758. The highest BCUT2D eigenvalue weighted by molar-refractivity contribution is 6.18. The van der Waals surface area contributed by atoms with Crippen LogP contribution in [0.3, 0.4) is 0 Å². The maximum Gasteiger partial charge on any atom is 0.0431 e. The highest BCUT2D eigenvalue weighted by Crippen LogP contribution is 2.22. The van der Waals surface area contributed by atoms with Crippen LogP contribution in [0.4, 0.5) is 0 Å². The third-order valence-electron chi connectivity index (χ3n) is 1.37. The zero-order chi connectivity index (χ0) is 7.33. The van der Waals surface area contributed by atoms with Crippen LogP contribution in [0, 0.1) is 5.41 Å². The Hall–Kier alpha value is 0.250. The number of hydrogen-bond acceptors (Lipinski definition) is 1. The van der Waals surface area contributed by atoms with E-state index in [9.17, 15) is 0 Å². The maximum absolute atomic E-state index is 8.48. The van der Waals surface area contributed by atoms with Crippen molar-refractivity contribution in [2.75, 3.05) is 12.5 Å². The molecular formula is C7H15ClO. The normalized spacial score (nSPS) is 12.0. The Morgan fingerprint density at radius 1 is 1.44 bits per heavy atom. The van der Waals surface area contributed by atoms with Crippen molar-refractivity contribution in [1.29, 1.82) is 0 Å². The van der Waals surface area contributed by atoms with Gasteiger partial charge in [-0.25, -0.2) is 0 Å². The zero-order valence-corrected chi connectivity index (χ0v) is 6.91. The molecule has 9 heavy (non-hydrogen) atoms. The van der Waals surface area contributed by atoms with Gasteiger partial charge in [-0.15, -0.1) is 11.6 Å². The van der Waals surface area contributed by atoms with Crippen LogP contribution in [0.2, 0.25) is 0 Å². The molecule has 0 heterocycles. The van der Waals surface area contributed by atoms with E-state index in [2.05, 4.69) is 13.8 Å². The average Bonchev–Trinajstić information content (AvgIpc) is 1.84. The molecular weight excluding hydrogens is 136 g/mol. The van der Waals surface area contributed by atoms with E-state index in [1.165, 1.54) is 0 Å². The van der Waals surface area contributed by atoms with Gasteiger partial charge in [-0.2, -0.15) is 0 Å². The first-order chi connectivity index (χ1) is 4.12. The lowest BCUT2D eigenvalue weighted by atomic mass is 9.90. The minimum absolute atomic E-state index is 0.199. The van der Waals surface area contributed by atoms with Crippen molar-refractivity contribution >= 4 is 11.6 Å². The SMILES string of the molecule is CC(C)(CCl)CCCO. The molecule has 0 spiro atoms. The summed E-state index contributed by atoms with van der Waals surface area (Å²) in [5.41, 5.74) is 0.199. The minimum atomic E-state index is 0.199. The number of aliphatic hydroxyl groups excluding tert-OH is 1. The number of halogens is 1. The Morgan fingerprint density at radius 3 is 2.33 bits per heavy atom. The Balaban J connectivity index is 3.33. The van der Waals surface area contributed by atoms with Gasteiger partial charge in [-0.1, -0.05) is 13.8 Å². The van der Waals surface area contributed by atoms with Gasteiger partial charge < -0.3 is 5.11 Å². The molecule has 1 nitrogen and oxygen atoms in total. The fourth-order valence-electron chi connectivity index (χ4n) is 0.624. The molecule has 56 valence electrons. The molecule has 0 atom stereocenters. The van der Waals surface area contributed by atoms with Crippen molar-refractivity contribution in [3.8, 4) is 0 Å².